The quantitative estimate of drug-likeness (QED) is 0.902. The number of nitrogens with one attached hydrogen (secondary N) is 1. The van der Waals surface area contributed by atoms with Gasteiger partial charge in [-0.15, -0.1) is 0 Å². The first kappa shape index (κ1) is 15.1. The fourth-order valence-corrected chi connectivity index (χ4v) is 4.08. The zero-order valence-corrected chi connectivity index (χ0v) is 13.8. The Balaban J connectivity index is 2.25. The van der Waals surface area contributed by atoms with E-state index in [1.807, 2.05) is 44.2 Å². The monoisotopic (exact) mass is 353 g/mol. The smallest absolute Gasteiger partial charge is 0.236 e. The number of hydrogen-bond acceptors (Lipinski definition) is 2. The Morgan fingerprint density at radius 3 is 2.15 bits per heavy atom. The number of hydrogen-bond donors (Lipinski definition) is 1. The molecular weight excluding hydrogens is 338 g/mol. The summed E-state index contributed by atoms with van der Waals surface area (Å²) in [4.78, 5) is 0. The maximum Gasteiger partial charge on any atom is 0.236 e. The van der Waals surface area contributed by atoms with Gasteiger partial charge in [-0.1, -0.05) is 46.3 Å². The average molecular weight is 354 g/mol. The summed E-state index contributed by atoms with van der Waals surface area (Å²) in [5, 5.41) is 0. The van der Waals surface area contributed by atoms with Gasteiger partial charge in [0.1, 0.15) is 0 Å². The van der Waals surface area contributed by atoms with Crippen LogP contribution in [0.1, 0.15) is 16.7 Å². The molecule has 0 bridgehead atoms. The van der Waals surface area contributed by atoms with E-state index in [1.165, 1.54) is 0 Å². The molecule has 0 spiro atoms. The first-order chi connectivity index (χ1) is 9.37. The van der Waals surface area contributed by atoms with Crippen molar-refractivity contribution in [1.82, 2.24) is 0 Å². The van der Waals surface area contributed by atoms with E-state index in [0.29, 0.717) is 5.69 Å². The fourth-order valence-electron chi connectivity index (χ4n) is 2.06. The summed E-state index contributed by atoms with van der Waals surface area (Å²) < 4.78 is 28.1. The Kier molecular flexibility index (Phi) is 4.50. The second kappa shape index (κ2) is 5.97. The maximum atomic E-state index is 12.2. The molecular formula is C15H16BrNO2S. The van der Waals surface area contributed by atoms with Crippen molar-refractivity contribution in [1.29, 1.82) is 0 Å². The van der Waals surface area contributed by atoms with Crippen LogP contribution in [0.2, 0.25) is 0 Å². The molecule has 2 aromatic rings. The molecule has 0 heterocycles. The van der Waals surface area contributed by atoms with E-state index < -0.39 is 10.0 Å². The van der Waals surface area contributed by atoms with E-state index in [2.05, 4.69) is 20.7 Å². The van der Waals surface area contributed by atoms with Crippen LogP contribution in [0.3, 0.4) is 0 Å². The first-order valence-electron chi connectivity index (χ1n) is 6.18. The third-order valence-electron chi connectivity index (χ3n) is 2.95. The Hall–Kier alpha value is -1.33. The summed E-state index contributed by atoms with van der Waals surface area (Å²) in [6.07, 6.45) is 0. The van der Waals surface area contributed by atoms with Crippen LogP contribution in [0.4, 0.5) is 5.69 Å². The summed E-state index contributed by atoms with van der Waals surface area (Å²) in [5.74, 6) is -0.0250. The van der Waals surface area contributed by atoms with Crippen LogP contribution in [0.15, 0.2) is 46.9 Å². The van der Waals surface area contributed by atoms with Gasteiger partial charge in [-0.05, 0) is 42.7 Å². The van der Waals surface area contributed by atoms with Crippen LogP contribution in [0.25, 0.3) is 0 Å². The predicted octanol–water partition coefficient (Wildman–Crippen LogP) is 4.01. The van der Waals surface area contributed by atoms with Crippen LogP contribution in [-0.4, -0.2) is 8.42 Å². The van der Waals surface area contributed by atoms with Crippen molar-refractivity contribution in [3.05, 3.63) is 63.6 Å². The number of anilines is 1. The van der Waals surface area contributed by atoms with Crippen LogP contribution >= 0.6 is 15.9 Å². The minimum Gasteiger partial charge on any atom is -0.283 e. The van der Waals surface area contributed by atoms with Gasteiger partial charge in [0.25, 0.3) is 0 Å². The minimum absolute atomic E-state index is 0.0250. The zero-order valence-electron chi connectivity index (χ0n) is 11.4. The molecule has 1 N–H and O–H groups in total. The Labute approximate surface area is 128 Å². The highest BCUT2D eigenvalue weighted by Crippen LogP contribution is 2.26. The third-order valence-corrected chi connectivity index (χ3v) is 4.64. The molecule has 0 fully saturated rings. The largest absolute Gasteiger partial charge is 0.283 e. The van der Waals surface area contributed by atoms with Gasteiger partial charge in [0, 0.05) is 4.47 Å². The van der Waals surface area contributed by atoms with Crippen LogP contribution in [0.5, 0.6) is 0 Å². The highest BCUT2D eigenvalue weighted by Gasteiger charge is 2.14. The Morgan fingerprint density at radius 1 is 1.05 bits per heavy atom. The van der Waals surface area contributed by atoms with E-state index in [4.69, 9.17) is 0 Å². The summed E-state index contributed by atoms with van der Waals surface area (Å²) in [6.45, 7) is 3.77. The lowest BCUT2D eigenvalue weighted by Gasteiger charge is -2.14. The van der Waals surface area contributed by atoms with E-state index >= 15 is 0 Å². The summed E-state index contributed by atoms with van der Waals surface area (Å²) in [6, 6.07) is 12.9. The lowest BCUT2D eigenvalue weighted by atomic mass is 10.1. The lowest BCUT2D eigenvalue weighted by Crippen LogP contribution is -2.16. The highest BCUT2D eigenvalue weighted by molar-refractivity contribution is 9.10. The van der Waals surface area contributed by atoms with E-state index in [0.717, 1.165) is 21.2 Å². The van der Waals surface area contributed by atoms with Crippen LogP contribution < -0.4 is 4.72 Å². The van der Waals surface area contributed by atoms with Crippen molar-refractivity contribution in [2.75, 3.05) is 4.72 Å². The van der Waals surface area contributed by atoms with Crippen molar-refractivity contribution >= 4 is 31.6 Å². The molecule has 0 aliphatic carbocycles. The third kappa shape index (κ3) is 3.84. The number of benzene rings is 2. The van der Waals surface area contributed by atoms with Crippen molar-refractivity contribution in [3.8, 4) is 0 Å². The molecule has 106 valence electrons. The molecule has 3 nitrogen and oxygen atoms in total. The number of aryl methyl sites for hydroxylation is 2. The number of rotatable bonds is 4. The SMILES string of the molecule is Cc1cc(Br)cc(C)c1NS(=O)(=O)Cc1ccccc1. The standard InChI is InChI=1S/C15H16BrNO2S/c1-11-8-14(16)9-12(2)15(11)17-20(18,19)10-13-6-4-3-5-7-13/h3-9,17H,10H2,1-2H3. The predicted molar refractivity (Wildman–Crippen MR) is 86.3 cm³/mol. The molecule has 20 heavy (non-hydrogen) atoms. The Morgan fingerprint density at radius 2 is 1.60 bits per heavy atom. The van der Waals surface area contributed by atoms with Crippen LogP contribution in [0, 0.1) is 13.8 Å². The Bertz CT molecular complexity index is 689. The van der Waals surface area contributed by atoms with Crippen LogP contribution in [-0.2, 0) is 15.8 Å². The van der Waals surface area contributed by atoms with Gasteiger partial charge in [0.05, 0.1) is 11.4 Å². The zero-order chi connectivity index (χ0) is 14.8. The fraction of sp³-hybridized carbons (Fsp3) is 0.200. The lowest BCUT2D eigenvalue weighted by molar-refractivity contribution is 0.600. The number of sulfonamides is 1. The molecule has 2 aromatic carbocycles. The number of halogens is 1. The van der Waals surface area contributed by atoms with Gasteiger partial charge in [-0.2, -0.15) is 0 Å². The molecule has 0 radical (unpaired) electrons. The first-order valence-corrected chi connectivity index (χ1v) is 8.63. The topological polar surface area (TPSA) is 46.2 Å². The maximum absolute atomic E-state index is 12.2. The van der Waals surface area contributed by atoms with E-state index in [1.54, 1.807) is 12.1 Å². The van der Waals surface area contributed by atoms with Gasteiger partial charge in [0.2, 0.25) is 10.0 Å². The molecule has 0 atom stereocenters. The van der Waals surface area contributed by atoms with Crippen molar-refractivity contribution < 1.29 is 8.42 Å². The van der Waals surface area contributed by atoms with Gasteiger partial charge < -0.3 is 0 Å². The van der Waals surface area contributed by atoms with Crippen molar-refractivity contribution in [3.63, 3.8) is 0 Å². The molecule has 0 saturated carbocycles. The second-order valence-electron chi connectivity index (χ2n) is 4.76. The molecule has 0 saturated heterocycles. The molecule has 0 aliphatic rings. The summed E-state index contributed by atoms with van der Waals surface area (Å²) in [5.41, 5.74) is 3.22. The second-order valence-corrected chi connectivity index (χ2v) is 7.40. The normalized spacial score (nSPS) is 11.3. The average Bonchev–Trinajstić information content (AvgIpc) is 2.34. The van der Waals surface area contributed by atoms with E-state index in [-0.39, 0.29) is 5.75 Å². The molecule has 0 aromatic heterocycles. The highest BCUT2D eigenvalue weighted by atomic mass is 79.9. The summed E-state index contributed by atoms with van der Waals surface area (Å²) >= 11 is 3.40. The van der Waals surface area contributed by atoms with Gasteiger partial charge in [-0.25, -0.2) is 8.42 Å². The molecule has 0 unspecified atom stereocenters. The van der Waals surface area contributed by atoms with E-state index in [9.17, 15) is 8.42 Å². The molecule has 0 aliphatic heterocycles. The van der Waals surface area contributed by atoms with Crippen molar-refractivity contribution in [2.24, 2.45) is 0 Å². The molecule has 2 rings (SSSR count). The molecule has 0 amide bonds. The van der Waals surface area contributed by atoms with Crippen molar-refractivity contribution in [2.45, 2.75) is 19.6 Å². The minimum atomic E-state index is -3.41. The van der Waals surface area contributed by atoms with Gasteiger partial charge >= 0.3 is 0 Å². The molecule has 5 heteroatoms. The summed E-state index contributed by atoms with van der Waals surface area (Å²) in [7, 11) is -3.41. The van der Waals surface area contributed by atoms with Gasteiger partial charge in [-0.3, -0.25) is 4.72 Å². The van der Waals surface area contributed by atoms with Gasteiger partial charge in [0.15, 0.2) is 0 Å².